The summed E-state index contributed by atoms with van der Waals surface area (Å²) in [5.41, 5.74) is 3.12. The summed E-state index contributed by atoms with van der Waals surface area (Å²) in [6.07, 6.45) is 0.779. The quantitative estimate of drug-likeness (QED) is 0.724. The van der Waals surface area contributed by atoms with Crippen molar-refractivity contribution in [1.29, 1.82) is 0 Å². The largest absolute Gasteiger partial charge is 0.497 e. The van der Waals surface area contributed by atoms with Crippen molar-refractivity contribution in [1.82, 2.24) is 4.98 Å². The van der Waals surface area contributed by atoms with Crippen molar-refractivity contribution >= 4 is 22.2 Å². The van der Waals surface area contributed by atoms with Crippen LogP contribution in [0.15, 0.2) is 53.9 Å². The zero-order valence-corrected chi connectivity index (χ0v) is 13.9. The van der Waals surface area contributed by atoms with Crippen molar-refractivity contribution in [2.75, 3.05) is 19.5 Å². The maximum atomic E-state index is 5.35. The summed E-state index contributed by atoms with van der Waals surface area (Å²) < 4.78 is 10.6. The van der Waals surface area contributed by atoms with Gasteiger partial charge < -0.3 is 14.8 Å². The number of benzene rings is 2. The Hall–Kier alpha value is -2.53. The molecule has 2 aromatic carbocycles. The van der Waals surface area contributed by atoms with Gasteiger partial charge in [0.1, 0.15) is 11.5 Å². The SMILES string of the molecule is COc1cccc(Cc2csc(Nc3ccccc3OC)n2)c1. The number of para-hydroxylation sites is 2. The molecule has 1 N–H and O–H groups in total. The average Bonchev–Trinajstić information content (AvgIpc) is 3.02. The third-order valence-corrected chi connectivity index (χ3v) is 4.23. The lowest BCUT2D eigenvalue weighted by Gasteiger charge is -2.08. The molecule has 3 rings (SSSR count). The zero-order chi connectivity index (χ0) is 16.1. The molecule has 0 radical (unpaired) electrons. The first-order chi connectivity index (χ1) is 11.3. The molecule has 0 fully saturated rings. The van der Waals surface area contributed by atoms with Crippen molar-refractivity contribution < 1.29 is 9.47 Å². The highest BCUT2D eigenvalue weighted by atomic mass is 32.1. The highest BCUT2D eigenvalue weighted by Crippen LogP contribution is 2.29. The van der Waals surface area contributed by atoms with E-state index in [1.807, 2.05) is 42.5 Å². The molecule has 0 saturated heterocycles. The van der Waals surface area contributed by atoms with Gasteiger partial charge in [0, 0.05) is 11.8 Å². The Morgan fingerprint density at radius 3 is 2.74 bits per heavy atom. The van der Waals surface area contributed by atoms with Crippen LogP contribution in [0.5, 0.6) is 11.5 Å². The Bertz CT molecular complexity index is 786. The standard InChI is InChI=1S/C18H18N2O2S/c1-21-15-7-5-6-13(11-15)10-14-12-23-18(19-14)20-16-8-3-4-9-17(16)22-2/h3-9,11-12H,10H2,1-2H3,(H,19,20). The molecule has 3 aromatic rings. The molecule has 0 amide bonds. The topological polar surface area (TPSA) is 43.4 Å². The number of ether oxygens (including phenoxy) is 2. The molecule has 23 heavy (non-hydrogen) atoms. The smallest absolute Gasteiger partial charge is 0.187 e. The van der Waals surface area contributed by atoms with Crippen molar-refractivity contribution in [2.24, 2.45) is 0 Å². The van der Waals surface area contributed by atoms with E-state index in [-0.39, 0.29) is 0 Å². The van der Waals surface area contributed by atoms with E-state index in [1.165, 1.54) is 5.56 Å². The van der Waals surface area contributed by atoms with Crippen LogP contribution in [-0.2, 0) is 6.42 Å². The van der Waals surface area contributed by atoms with Gasteiger partial charge in [0.15, 0.2) is 5.13 Å². The van der Waals surface area contributed by atoms with Gasteiger partial charge in [-0.3, -0.25) is 0 Å². The van der Waals surface area contributed by atoms with Gasteiger partial charge in [0.25, 0.3) is 0 Å². The third kappa shape index (κ3) is 3.81. The summed E-state index contributed by atoms with van der Waals surface area (Å²) in [4.78, 5) is 4.64. The van der Waals surface area contributed by atoms with E-state index in [1.54, 1.807) is 25.6 Å². The van der Waals surface area contributed by atoms with Crippen LogP contribution in [0.1, 0.15) is 11.3 Å². The second-order valence-electron chi connectivity index (χ2n) is 5.00. The molecule has 0 saturated carbocycles. The highest BCUT2D eigenvalue weighted by Gasteiger charge is 2.07. The monoisotopic (exact) mass is 326 g/mol. The molecule has 1 heterocycles. The van der Waals surface area contributed by atoms with Crippen LogP contribution < -0.4 is 14.8 Å². The molecule has 0 aliphatic carbocycles. The van der Waals surface area contributed by atoms with Gasteiger partial charge in [-0.2, -0.15) is 0 Å². The van der Waals surface area contributed by atoms with E-state index >= 15 is 0 Å². The fourth-order valence-corrected chi connectivity index (χ4v) is 3.02. The van der Waals surface area contributed by atoms with E-state index in [4.69, 9.17) is 9.47 Å². The third-order valence-electron chi connectivity index (χ3n) is 3.42. The number of rotatable bonds is 6. The predicted molar refractivity (Wildman–Crippen MR) is 94.2 cm³/mol. The lowest BCUT2D eigenvalue weighted by atomic mass is 10.1. The lowest BCUT2D eigenvalue weighted by molar-refractivity contribution is 0.414. The van der Waals surface area contributed by atoms with Gasteiger partial charge in [-0.25, -0.2) is 4.98 Å². The number of anilines is 2. The summed E-state index contributed by atoms with van der Waals surface area (Å²) in [6, 6.07) is 15.9. The van der Waals surface area contributed by atoms with Crippen LogP contribution in [0.3, 0.4) is 0 Å². The molecular formula is C18H18N2O2S. The van der Waals surface area contributed by atoms with Gasteiger partial charge in [-0.05, 0) is 29.8 Å². The maximum Gasteiger partial charge on any atom is 0.187 e. The molecule has 0 aliphatic heterocycles. The van der Waals surface area contributed by atoms with Crippen molar-refractivity contribution in [3.8, 4) is 11.5 Å². The zero-order valence-electron chi connectivity index (χ0n) is 13.1. The molecular weight excluding hydrogens is 308 g/mol. The molecule has 0 atom stereocenters. The summed E-state index contributed by atoms with van der Waals surface area (Å²) in [5.74, 6) is 1.67. The lowest BCUT2D eigenvalue weighted by Crippen LogP contribution is -1.95. The Kier molecular flexibility index (Phi) is 4.78. The molecule has 1 aromatic heterocycles. The number of aromatic nitrogens is 1. The van der Waals surface area contributed by atoms with Crippen LogP contribution in [0.25, 0.3) is 0 Å². The minimum Gasteiger partial charge on any atom is -0.497 e. The summed E-state index contributed by atoms with van der Waals surface area (Å²) in [7, 11) is 3.34. The number of hydrogen-bond donors (Lipinski definition) is 1. The van der Waals surface area contributed by atoms with Crippen molar-refractivity contribution in [2.45, 2.75) is 6.42 Å². The molecule has 0 spiro atoms. The average molecular weight is 326 g/mol. The first-order valence-corrected chi connectivity index (χ1v) is 8.14. The van der Waals surface area contributed by atoms with Crippen molar-refractivity contribution in [3.63, 3.8) is 0 Å². The molecule has 0 aliphatic rings. The van der Waals surface area contributed by atoms with E-state index < -0.39 is 0 Å². The number of thiazole rings is 1. The molecule has 0 bridgehead atoms. The second kappa shape index (κ2) is 7.15. The Morgan fingerprint density at radius 1 is 1.04 bits per heavy atom. The Balaban J connectivity index is 1.73. The first-order valence-electron chi connectivity index (χ1n) is 7.26. The van der Waals surface area contributed by atoms with Crippen LogP contribution in [0.4, 0.5) is 10.8 Å². The number of hydrogen-bond acceptors (Lipinski definition) is 5. The molecule has 4 nitrogen and oxygen atoms in total. The van der Waals surface area contributed by atoms with E-state index in [9.17, 15) is 0 Å². The summed E-state index contributed by atoms with van der Waals surface area (Å²) >= 11 is 1.58. The molecule has 5 heteroatoms. The predicted octanol–water partition coefficient (Wildman–Crippen LogP) is 4.49. The number of methoxy groups -OCH3 is 2. The molecule has 118 valence electrons. The maximum absolute atomic E-state index is 5.35. The van der Waals surface area contributed by atoms with Crippen molar-refractivity contribution in [3.05, 3.63) is 65.2 Å². The normalized spacial score (nSPS) is 10.3. The van der Waals surface area contributed by atoms with Crippen LogP contribution in [0.2, 0.25) is 0 Å². The van der Waals surface area contributed by atoms with E-state index in [0.29, 0.717) is 0 Å². The van der Waals surface area contributed by atoms with Crippen LogP contribution in [0, 0.1) is 0 Å². The Morgan fingerprint density at radius 2 is 1.91 bits per heavy atom. The number of nitrogens with zero attached hydrogens (tertiary/aromatic N) is 1. The van der Waals surface area contributed by atoms with Gasteiger partial charge in [-0.1, -0.05) is 24.3 Å². The van der Waals surface area contributed by atoms with Gasteiger partial charge >= 0.3 is 0 Å². The highest BCUT2D eigenvalue weighted by molar-refractivity contribution is 7.13. The van der Waals surface area contributed by atoms with Gasteiger partial charge in [-0.15, -0.1) is 11.3 Å². The van der Waals surface area contributed by atoms with E-state index in [0.717, 1.165) is 34.4 Å². The molecule has 0 unspecified atom stereocenters. The fraction of sp³-hybridized carbons (Fsp3) is 0.167. The fourth-order valence-electron chi connectivity index (χ4n) is 2.30. The second-order valence-corrected chi connectivity index (χ2v) is 5.86. The van der Waals surface area contributed by atoms with E-state index in [2.05, 4.69) is 21.7 Å². The minimum absolute atomic E-state index is 0.779. The van der Waals surface area contributed by atoms with Gasteiger partial charge in [0.05, 0.1) is 25.6 Å². The van der Waals surface area contributed by atoms with Crippen LogP contribution in [-0.4, -0.2) is 19.2 Å². The van der Waals surface area contributed by atoms with Crippen LogP contribution >= 0.6 is 11.3 Å². The summed E-state index contributed by atoms with van der Waals surface area (Å²) in [6.45, 7) is 0. The minimum atomic E-state index is 0.779. The first kappa shape index (κ1) is 15.4. The number of nitrogens with one attached hydrogen (secondary N) is 1. The summed E-state index contributed by atoms with van der Waals surface area (Å²) in [5, 5.41) is 6.23. The van der Waals surface area contributed by atoms with Gasteiger partial charge in [0.2, 0.25) is 0 Å². The Labute approximate surface area is 139 Å².